The van der Waals surface area contributed by atoms with E-state index >= 15 is 0 Å². The summed E-state index contributed by atoms with van der Waals surface area (Å²) in [7, 11) is 0. The fourth-order valence-electron chi connectivity index (χ4n) is 3.64. The second-order valence-electron chi connectivity index (χ2n) is 7.26. The van der Waals surface area contributed by atoms with Crippen molar-refractivity contribution in [3.8, 4) is 0 Å². The van der Waals surface area contributed by atoms with Gasteiger partial charge in [-0.3, -0.25) is 9.20 Å². The number of benzene rings is 2. The molecule has 0 saturated carbocycles. The van der Waals surface area contributed by atoms with Crippen LogP contribution in [0.2, 0.25) is 5.02 Å². The third-order valence-electron chi connectivity index (χ3n) is 5.08. The van der Waals surface area contributed by atoms with Crippen LogP contribution in [0.25, 0.3) is 16.6 Å². The van der Waals surface area contributed by atoms with Gasteiger partial charge in [0.1, 0.15) is 6.54 Å². The molecule has 0 radical (unpaired) electrons. The first kappa shape index (κ1) is 19.1. The molecular weight excluding hydrogens is 414 g/mol. The van der Waals surface area contributed by atoms with Gasteiger partial charge in [-0.15, -0.1) is 5.10 Å². The van der Waals surface area contributed by atoms with Crippen LogP contribution in [0, 0.1) is 0 Å². The van der Waals surface area contributed by atoms with Gasteiger partial charge in [-0.05, 0) is 53.4 Å². The minimum absolute atomic E-state index is 0.153. The fraction of sp³-hybridized carbons (Fsp3) is 0.0870. The van der Waals surface area contributed by atoms with Gasteiger partial charge in [0.15, 0.2) is 5.65 Å². The molecule has 0 atom stereocenters. The lowest BCUT2D eigenvalue weighted by Gasteiger charge is -2.09. The molecule has 3 heterocycles. The first-order valence-electron chi connectivity index (χ1n) is 9.74. The van der Waals surface area contributed by atoms with Gasteiger partial charge in [-0.25, -0.2) is 9.48 Å². The summed E-state index contributed by atoms with van der Waals surface area (Å²) in [5.41, 5.74) is 2.82. The molecule has 0 unspecified atom stereocenters. The molecule has 2 aromatic carbocycles. The van der Waals surface area contributed by atoms with E-state index in [1.807, 2.05) is 65.4 Å². The van der Waals surface area contributed by atoms with E-state index in [1.165, 1.54) is 9.08 Å². The van der Waals surface area contributed by atoms with Gasteiger partial charge < -0.3 is 9.88 Å². The number of hydrogen-bond acceptors (Lipinski definition) is 3. The van der Waals surface area contributed by atoms with Gasteiger partial charge in [0.25, 0.3) is 0 Å². The number of halogens is 1. The minimum Gasteiger partial charge on any atom is -0.338 e. The van der Waals surface area contributed by atoms with E-state index in [4.69, 9.17) is 11.6 Å². The highest BCUT2D eigenvalue weighted by Crippen LogP contribution is 2.20. The van der Waals surface area contributed by atoms with Gasteiger partial charge in [-0.2, -0.15) is 0 Å². The number of nitrogens with zero attached hydrogens (tertiary/aromatic N) is 4. The summed E-state index contributed by atoms with van der Waals surface area (Å²) in [6.45, 7) is 0.477. The van der Waals surface area contributed by atoms with Crippen LogP contribution in [0.3, 0.4) is 0 Å². The Labute approximate surface area is 182 Å². The predicted octanol–water partition coefficient (Wildman–Crippen LogP) is 3.79. The number of carbonyl (C=O) groups is 1. The lowest BCUT2D eigenvalue weighted by molar-refractivity contribution is -0.116. The maximum atomic E-state index is 12.6. The van der Waals surface area contributed by atoms with Crippen molar-refractivity contribution < 1.29 is 4.79 Å². The van der Waals surface area contributed by atoms with E-state index in [2.05, 4.69) is 10.4 Å². The van der Waals surface area contributed by atoms with Crippen molar-refractivity contribution in [3.05, 3.63) is 100 Å². The van der Waals surface area contributed by atoms with Crippen LogP contribution >= 0.6 is 11.6 Å². The summed E-state index contributed by atoms with van der Waals surface area (Å²) in [6.07, 6.45) is 3.56. The quantitative estimate of drug-likeness (QED) is 0.460. The van der Waals surface area contributed by atoms with Crippen molar-refractivity contribution in [2.24, 2.45) is 0 Å². The number of fused-ring (bicyclic) bond motifs is 2. The maximum absolute atomic E-state index is 12.6. The zero-order chi connectivity index (χ0) is 21.4. The largest absolute Gasteiger partial charge is 0.350 e. The number of amides is 1. The Hall–Kier alpha value is -3.84. The van der Waals surface area contributed by atoms with Crippen LogP contribution in [0.15, 0.2) is 83.9 Å². The van der Waals surface area contributed by atoms with Gasteiger partial charge in [0.05, 0.1) is 6.54 Å². The number of carbonyl (C=O) groups excluding carboxylic acids is 1. The minimum atomic E-state index is -0.205. The average molecular weight is 432 g/mol. The van der Waals surface area contributed by atoms with Crippen LogP contribution in [0.5, 0.6) is 0 Å². The van der Waals surface area contributed by atoms with Crippen molar-refractivity contribution in [3.63, 3.8) is 0 Å². The molecule has 0 fully saturated rings. The van der Waals surface area contributed by atoms with Crippen LogP contribution in [-0.2, 0) is 17.9 Å². The van der Waals surface area contributed by atoms with Crippen LogP contribution in [-0.4, -0.2) is 24.7 Å². The Balaban J connectivity index is 1.32. The van der Waals surface area contributed by atoms with Gasteiger partial charge in [0, 0.05) is 28.6 Å². The van der Waals surface area contributed by atoms with Crippen molar-refractivity contribution in [1.82, 2.24) is 18.7 Å². The Bertz CT molecular complexity index is 1480. The average Bonchev–Trinajstić information content (AvgIpc) is 3.29. The molecule has 0 aliphatic rings. The number of hydrogen-bond donors (Lipinski definition) is 1. The molecule has 3 aromatic heterocycles. The smallest absolute Gasteiger partial charge is 0.338 e. The molecule has 0 saturated heterocycles. The molecule has 0 aliphatic carbocycles. The molecule has 0 bridgehead atoms. The van der Waals surface area contributed by atoms with E-state index in [0.717, 1.165) is 16.5 Å². The summed E-state index contributed by atoms with van der Waals surface area (Å²) >= 11 is 6.09. The summed E-state index contributed by atoms with van der Waals surface area (Å²) in [5, 5.41) is 8.92. The third kappa shape index (κ3) is 3.83. The molecule has 1 N–H and O–H groups in total. The van der Waals surface area contributed by atoms with Crippen molar-refractivity contribution in [2.75, 3.05) is 5.32 Å². The molecule has 0 aliphatic heterocycles. The highest BCUT2D eigenvalue weighted by atomic mass is 35.5. The number of rotatable bonds is 5. The monoisotopic (exact) mass is 431 g/mol. The molecule has 5 aromatic rings. The van der Waals surface area contributed by atoms with Gasteiger partial charge in [0.2, 0.25) is 5.91 Å². The topological polar surface area (TPSA) is 73.3 Å². The van der Waals surface area contributed by atoms with Crippen LogP contribution in [0.1, 0.15) is 5.56 Å². The summed E-state index contributed by atoms with van der Waals surface area (Å²) in [6, 6.07) is 20.4. The first-order chi connectivity index (χ1) is 15.1. The second kappa shape index (κ2) is 7.77. The zero-order valence-electron chi connectivity index (χ0n) is 16.4. The number of nitrogens with one attached hydrogen (secondary N) is 1. The lowest BCUT2D eigenvalue weighted by Crippen LogP contribution is -2.22. The van der Waals surface area contributed by atoms with Crippen molar-refractivity contribution in [1.29, 1.82) is 0 Å². The molecule has 8 heteroatoms. The highest BCUT2D eigenvalue weighted by molar-refractivity contribution is 6.31. The summed E-state index contributed by atoms with van der Waals surface area (Å²) in [5.74, 6) is -0.153. The predicted molar refractivity (Wildman–Crippen MR) is 121 cm³/mol. The summed E-state index contributed by atoms with van der Waals surface area (Å²) in [4.78, 5) is 25.1. The van der Waals surface area contributed by atoms with Crippen molar-refractivity contribution in [2.45, 2.75) is 13.1 Å². The van der Waals surface area contributed by atoms with Crippen molar-refractivity contribution >= 4 is 39.7 Å². The Kier molecular flexibility index (Phi) is 4.80. The molecule has 7 nitrogen and oxygen atoms in total. The highest BCUT2D eigenvalue weighted by Gasteiger charge is 2.10. The van der Waals surface area contributed by atoms with E-state index in [1.54, 1.807) is 18.3 Å². The van der Waals surface area contributed by atoms with Gasteiger partial charge >= 0.3 is 5.69 Å². The Morgan fingerprint density at radius 1 is 1.00 bits per heavy atom. The zero-order valence-corrected chi connectivity index (χ0v) is 17.2. The van der Waals surface area contributed by atoms with Crippen LogP contribution in [0.4, 0.5) is 5.69 Å². The normalized spacial score (nSPS) is 11.3. The third-order valence-corrected chi connectivity index (χ3v) is 5.32. The van der Waals surface area contributed by atoms with E-state index in [0.29, 0.717) is 22.9 Å². The fourth-order valence-corrected chi connectivity index (χ4v) is 3.81. The Morgan fingerprint density at radius 3 is 2.77 bits per heavy atom. The van der Waals surface area contributed by atoms with Crippen LogP contribution < -0.4 is 11.0 Å². The number of aromatic nitrogens is 4. The standard InChI is InChI=1S/C23H18ClN5O2/c24-18-8-7-17-9-11-27(20(17)13-18)15-22(30)25-19-5-3-4-16(12-19)14-29-23(31)28-10-2-1-6-21(28)26-29/h1-13H,14-15H2,(H,25,30). The SMILES string of the molecule is O=C(Cn1ccc2ccc(Cl)cc21)Nc1cccc(Cn2nc3ccccn3c2=O)c1. The molecule has 0 spiro atoms. The summed E-state index contributed by atoms with van der Waals surface area (Å²) < 4.78 is 4.77. The lowest BCUT2D eigenvalue weighted by atomic mass is 10.2. The number of anilines is 1. The second-order valence-corrected chi connectivity index (χ2v) is 7.70. The maximum Gasteiger partial charge on any atom is 0.350 e. The van der Waals surface area contributed by atoms with E-state index in [-0.39, 0.29) is 18.1 Å². The molecule has 31 heavy (non-hydrogen) atoms. The van der Waals surface area contributed by atoms with E-state index < -0.39 is 0 Å². The Morgan fingerprint density at radius 2 is 1.90 bits per heavy atom. The number of pyridine rings is 1. The molecule has 1 amide bonds. The first-order valence-corrected chi connectivity index (χ1v) is 10.1. The van der Waals surface area contributed by atoms with E-state index in [9.17, 15) is 9.59 Å². The van der Waals surface area contributed by atoms with Gasteiger partial charge in [-0.1, -0.05) is 35.9 Å². The molecule has 5 rings (SSSR count). The molecular formula is C23H18ClN5O2. The molecule has 154 valence electrons.